The van der Waals surface area contributed by atoms with E-state index in [1.807, 2.05) is 12.1 Å². The average molecular weight is 531 g/mol. The maximum absolute atomic E-state index is 13.6. The van der Waals surface area contributed by atoms with Crippen LogP contribution in [0.4, 0.5) is 0 Å². The smallest absolute Gasteiger partial charge is 0.236 e. The molecule has 0 aromatic heterocycles. The molecule has 2 fully saturated rings. The third kappa shape index (κ3) is 7.03. The highest BCUT2D eigenvalue weighted by Gasteiger charge is 2.30. The van der Waals surface area contributed by atoms with Gasteiger partial charge >= 0.3 is 0 Å². The van der Waals surface area contributed by atoms with Crippen LogP contribution in [0.5, 0.6) is 0 Å². The largest absolute Gasteiger partial charge is 0.339 e. The lowest BCUT2D eigenvalue weighted by Crippen LogP contribution is -2.54. The first kappa shape index (κ1) is 26.9. The number of amides is 1. The number of piperidine rings is 1. The van der Waals surface area contributed by atoms with E-state index in [0.29, 0.717) is 12.6 Å². The fraction of sp³-hybridized carbons (Fsp3) is 0.406. The third-order valence-electron chi connectivity index (χ3n) is 8.03. The van der Waals surface area contributed by atoms with Crippen molar-refractivity contribution >= 4 is 17.5 Å². The SMILES string of the molecule is O=C(CN(CCc1ccccc1)C1CCNCC1)N1CCN(C(c2ccccc2)c2ccc(Cl)cc2)CC1. The number of hydrogen-bond donors (Lipinski definition) is 1. The summed E-state index contributed by atoms with van der Waals surface area (Å²) in [5.41, 5.74) is 3.84. The second kappa shape index (κ2) is 13.4. The zero-order valence-corrected chi connectivity index (χ0v) is 22.9. The Morgan fingerprint density at radius 2 is 1.45 bits per heavy atom. The molecule has 2 heterocycles. The molecule has 0 bridgehead atoms. The molecule has 200 valence electrons. The summed E-state index contributed by atoms with van der Waals surface area (Å²) in [4.78, 5) is 20.6. The van der Waals surface area contributed by atoms with Crippen molar-refractivity contribution in [1.29, 1.82) is 0 Å². The van der Waals surface area contributed by atoms with Crippen LogP contribution in [-0.2, 0) is 11.2 Å². The standard InChI is InChI=1S/C32H39ClN4O/c33-29-13-11-28(12-14-29)32(27-9-5-2-6-10-27)36-23-21-35(22-24-36)31(38)25-37(30-15-18-34-19-16-30)20-17-26-7-3-1-4-8-26/h1-14,30,32,34H,15-25H2. The molecule has 1 unspecified atom stereocenters. The van der Waals surface area contributed by atoms with Crippen molar-refractivity contribution in [2.75, 3.05) is 52.4 Å². The average Bonchev–Trinajstić information content (AvgIpc) is 2.98. The molecule has 2 saturated heterocycles. The summed E-state index contributed by atoms with van der Waals surface area (Å²) in [5, 5.41) is 4.22. The predicted octanol–water partition coefficient (Wildman–Crippen LogP) is 4.87. The molecule has 38 heavy (non-hydrogen) atoms. The van der Waals surface area contributed by atoms with Gasteiger partial charge < -0.3 is 10.2 Å². The number of carbonyl (C=O) groups excluding carboxylic acids is 1. The highest BCUT2D eigenvalue weighted by atomic mass is 35.5. The Morgan fingerprint density at radius 1 is 0.842 bits per heavy atom. The number of halogens is 1. The maximum atomic E-state index is 13.6. The zero-order valence-electron chi connectivity index (χ0n) is 22.1. The summed E-state index contributed by atoms with van der Waals surface area (Å²) in [6, 6.07) is 30.1. The molecule has 2 aliphatic heterocycles. The van der Waals surface area contributed by atoms with Crippen LogP contribution in [-0.4, -0.2) is 79.0 Å². The lowest BCUT2D eigenvalue weighted by Gasteiger charge is -2.41. The third-order valence-corrected chi connectivity index (χ3v) is 8.28. The predicted molar refractivity (Wildman–Crippen MR) is 156 cm³/mol. The van der Waals surface area contributed by atoms with Crippen molar-refractivity contribution in [3.63, 3.8) is 0 Å². The second-order valence-electron chi connectivity index (χ2n) is 10.5. The van der Waals surface area contributed by atoms with Gasteiger partial charge in [-0.05, 0) is 61.2 Å². The van der Waals surface area contributed by atoms with Crippen molar-refractivity contribution in [1.82, 2.24) is 20.0 Å². The first-order valence-electron chi connectivity index (χ1n) is 14.0. The summed E-state index contributed by atoms with van der Waals surface area (Å²) in [6.45, 7) is 6.72. The molecular formula is C32H39ClN4O. The highest BCUT2D eigenvalue weighted by molar-refractivity contribution is 6.30. The minimum atomic E-state index is 0.155. The Hall–Kier alpha value is -2.70. The zero-order chi connectivity index (χ0) is 26.2. The summed E-state index contributed by atoms with van der Waals surface area (Å²) in [5.74, 6) is 0.263. The number of piperazine rings is 1. The molecule has 0 aliphatic carbocycles. The van der Waals surface area contributed by atoms with Crippen molar-refractivity contribution in [2.45, 2.75) is 31.3 Å². The minimum absolute atomic E-state index is 0.155. The quantitative estimate of drug-likeness (QED) is 0.428. The number of nitrogens with one attached hydrogen (secondary N) is 1. The van der Waals surface area contributed by atoms with E-state index in [0.717, 1.165) is 70.1 Å². The van der Waals surface area contributed by atoms with E-state index in [4.69, 9.17) is 11.6 Å². The number of hydrogen-bond acceptors (Lipinski definition) is 4. The van der Waals surface area contributed by atoms with Gasteiger partial charge in [0.15, 0.2) is 0 Å². The Labute approximate surface area is 232 Å². The van der Waals surface area contributed by atoms with Gasteiger partial charge in [-0.15, -0.1) is 0 Å². The van der Waals surface area contributed by atoms with Crippen LogP contribution < -0.4 is 5.32 Å². The Balaban J connectivity index is 1.23. The Bertz CT molecular complexity index is 1130. The van der Waals surface area contributed by atoms with Gasteiger partial charge in [0, 0.05) is 43.8 Å². The molecular weight excluding hydrogens is 492 g/mol. The summed E-state index contributed by atoms with van der Waals surface area (Å²) >= 11 is 6.19. The van der Waals surface area contributed by atoms with Gasteiger partial charge in [-0.2, -0.15) is 0 Å². The van der Waals surface area contributed by atoms with Gasteiger partial charge in [-0.25, -0.2) is 0 Å². The van der Waals surface area contributed by atoms with Crippen LogP contribution >= 0.6 is 11.6 Å². The van der Waals surface area contributed by atoms with Crippen LogP contribution in [0, 0.1) is 0 Å². The summed E-state index contributed by atoms with van der Waals surface area (Å²) < 4.78 is 0. The first-order chi connectivity index (χ1) is 18.7. The van der Waals surface area contributed by atoms with Gasteiger partial charge in [0.2, 0.25) is 5.91 Å². The number of rotatable bonds is 9. The number of nitrogens with zero attached hydrogens (tertiary/aromatic N) is 3. The molecule has 1 amide bonds. The van der Waals surface area contributed by atoms with E-state index in [9.17, 15) is 4.79 Å². The van der Waals surface area contributed by atoms with Gasteiger partial charge in [0.25, 0.3) is 0 Å². The fourth-order valence-corrected chi connectivity index (χ4v) is 6.00. The van der Waals surface area contributed by atoms with E-state index >= 15 is 0 Å². The molecule has 6 heteroatoms. The fourth-order valence-electron chi connectivity index (χ4n) is 5.88. The number of benzene rings is 3. The van der Waals surface area contributed by atoms with E-state index in [2.05, 4.69) is 92.8 Å². The molecule has 1 atom stereocenters. The van der Waals surface area contributed by atoms with Crippen molar-refractivity contribution in [2.24, 2.45) is 0 Å². The van der Waals surface area contributed by atoms with Gasteiger partial charge in [0.05, 0.1) is 12.6 Å². The number of carbonyl (C=O) groups is 1. The van der Waals surface area contributed by atoms with Crippen LogP contribution in [0.3, 0.4) is 0 Å². The molecule has 5 rings (SSSR count). The molecule has 0 radical (unpaired) electrons. The maximum Gasteiger partial charge on any atom is 0.236 e. The normalized spacial score (nSPS) is 18.0. The summed E-state index contributed by atoms with van der Waals surface area (Å²) in [7, 11) is 0. The van der Waals surface area contributed by atoms with E-state index in [1.165, 1.54) is 16.7 Å². The topological polar surface area (TPSA) is 38.8 Å². The highest BCUT2D eigenvalue weighted by Crippen LogP contribution is 2.30. The molecule has 2 aliphatic rings. The summed E-state index contributed by atoms with van der Waals surface area (Å²) in [6.07, 6.45) is 3.19. The molecule has 0 saturated carbocycles. The molecule has 3 aromatic carbocycles. The van der Waals surface area contributed by atoms with E-state index < -0.39 is 0 Å². The lowest BCUT2D eigenvalue weighted by molar-refractivity contribution is -0.135. The van der Waals surface area contributed by atoms with Crippen molar-refractivity contribution in [3.05, 3.63) is 107 Å². The lowest BCUT2D eigenvalue weighted by atomic mass is 9.96. The minimum Gasteiger partial charge on any atom is -0.339 e. The molecule has 1 N–H and O–H groups in total. The molecule has 3 aromatic rings. The van der Waals surface area contributed by atoms with Gasteiger partial charge in [-0.1, -0.05) is 84.4 Å². The van der Waals surface area contributed by atoms with Crippen LogP contribution in [0.2, 0.25) is 5.02 Å². The van der Waals surface area contributed by atoms with Crippen LogP contribution in [0.1, 0.15) is 35.6 Å². The Kier molecular flexibility index (Phi) is 9.47. The first-order valence-corrected chi connectivity index (χ1v) is 14.4. The van der Waals surface area contributed by atoms with Gasteiger partial charge in [0.1, 0.15) is 0 Å². The van der Waals surface area contributed by atoms with Crippen LogP contribution in [0.15, 0.2) is 84.9 Å². The van der Waals surface area contributed by atoms with E-state index in [1.54, 1.807) is 0 Å². The molecule has 0 spiro atoms. The molecule has 5 nitrogen and oxygen atoms in total. The second-order valence-corrected chi connectivity index (χ2v) is 10.9. The van der Waals surface area contributed by atoms with Crippen molar-refractivity contribution < 1.29 is 4.79 Å². The Morgan fingerprint density at radius 3 is 2.11 bits per heavy atom. The monoisotopic (exact) mass is 530 g/mol. The van der Waals surface area contributed by atoms with Crippen molar-refractivity contribution in [3.8, 4) is 0 Å². The van der Waals surface area contributed by atoms with E-state index in [-0.39, 0.29) is 11.9 Å². The van der Waals surface area contributed by atoms with Gasteiger partial charge in [-0.3, -0.25) is 14.6 Å². The van der Waals surface area contributed by atoms with Crippen LogP contribution in [0.25, 0.3) is 0 Å².